The normalized spacial score (nSPS) is 19.0. The molecule has 1 aliphatic carbocycles. The SMILES string of the molecule is Fc1ccc(-n2cnc(Nc3cc(C4CC4)nc(N4CC[C@H](F)C4)c3)n2)cc1F. The van der Waals surface area contributed by atoms with Crippen LogP contribution in [0.5, 0.6) is 0 Å². The summed E-state index contributed by atoms with van der Waals surface area (Å²) in [6.45, 7) is 0.994. The molecule has 0 unspecified atom stereocenters. The van der Waals surface area contributed by atoms with Gasteiger partial charge in [-0.05, 0) is 37.5 Å². The molecule has 29 heavy (non-hydrogen) atoms. The molecule has 150 valence electrons. The van der Waals surface area contributed by atoms with Crippen LogP contribution >= 0.6 is 0 Å². The molecule has 1 saturated carbocycles. The number of halogens is 3. The maximum absolute atomic E-state index is 13.6. The summed E-state index contributed by atoms with van der Waals surface area (Å²) < 4.78 is 41.6. The zero-order valence-corrected chi connectivity index (χ0v) is 15.5. The van der Waals surface area contributed by atoms with E-state index in [4.69, 9.17) is 4.98 Å². The first-order chi connectivity index (χ1) is 14.0. The fourth-order valence-corrected chi connectivity index (χ4v) is 3.49. The molecule has 0 spiro atoms. The van der Waals surface area contributed by atoms with Gasteiger partial charge in [0.05, 0.1) is 12.2 Å². The van der Waals surface area contributed by atoms with Crippen molar-refractivity contribution in [2.45, 2.75) is 31.4 Å². The van der Waals surface area contributed by atoms with Gasteiger partial charge in [-0.2, -0.15) is 4.98 Å². The van der Waals surface area contributed by atoms with Crippen molar-refractivity contribution in [3.05, 3.63) is 54.0 Å². The predicted molar refractivity (Wildman–Crippen MR) is 102 cm³/mol. The molecule has 9 heteroatoms. The Bertz CT molecular complexity index is 1050. The zero-order valence-electron chi connectivity index (χ0n) is 15.5. The van der Waals surface area contributed by atoms with E-state index in [1.807, 2.05) is 17.0 Å². The lowest BCUT2D eigenvalue weighted by Gasteiger charge is -2.18. The third-order valence-corrected chi connectivity index (χ3v) is 5.20. The Hall–Kier alpha value is -3.10. The second-order valence-corrected chi connectivity index (χ2v) is 7.48. The fraction of sp³-hybridized carbons (Fsp3) is 0.350. The summed E-state index contributed by atoms with van der Waals surface area (Å²) in [7, 11) is 0. The van der Waals surface area contributed by atoms with Gasteiger partial charge in [-0.25, -0.2) is 22.8 Å². The number of aromatic nitrogens is 4. The van der Waals surface area contributed by atoms with E-state index in [-0.39, 0.29) is 0 Å². The smallest absolute Gasteiger partial charge is 0.246 e. The minimum absolute atomic E-state index is 0.318. The van der Waals surface area contributed by atoms with Gasteiger partial charge in [-0.3, -0.25) is 0 Å². The van der Waals surface area contributed by atoms with Crippen LogP contribution in [0.2, 0.25) is 0 Å². The van der Waals surface area contributed by atoms with E-state index in [9.17, 15) is 13.2 Å². The monoisotopic (exact) mass is 400 g/mol. The quantitative estimate of drug-likeness (QED) is 0.699. The number of nitrogens with one attached hydrogen (secondary N) is 1. The third kappa shape index (κ3) is 3.76. The lowest BCUT2D eigenvalue weighted by molar-refractivity contribution is 0.364. The highest BCUT2D eigenvalue weighted by Gasteiger charge is 2.28. The summed E-state index contributed by atoms with van der Waals surface area (Å²) in [4.78, 5) is 10.9. The third-order valence-electron chi connectivity index (χ3n) is 5.20. The molecule has 0 radical (unpaired) electrons. The number of hydrogen-bond donors (Lipinski definition) is 1. The Morgan fingerprint density at radius 1 is 1.03 bits per heavy atom. The number of alkyl halides is 1. The highest BCUT2D eigenvalue weighted by molar-refractivity contribution is 5.61. The van der Waals surface area contributed by atoms with Crippen molar-refractivity contribution in [1.29, 1.82) is 0 Å². The number of rotatable bonds is 5. The molecule has 6 nitrogen and oxygen atoms in total. The Kier molecular flexibility index (Phi) is 4.37. The van der Waals surface area contributed by atoms with Crippen LogP contribution in [0.1, 0.15) is 30.9 Å². The summed E-state index contributed by atoms with van der Waals surface area (Å²) in [5.41, 5.74) is 2.11. The van der Waals surface area contributed by atoms with Crippen molar-refractivity contribution in [2.24, 2.45) is 0 Å². The molecule has 3 aromatic rings. The lowest BCUT2D eigenvalue weighted by Crippen LogP contribution is -2.21. The standard InChI is InChI=1S/C20H19F3N6/c21-13-5-6-28(10-13)19-8-14(7-18(26-19)12-1-2-12)25-20-24-11-29(27-20)15-3-4-16(22)17(23)9-15/h3-4,7-9,11-13H,1-2,5-6,10H2,(H,25,26,27)/t13-/m0/s1. The molecule has 0 bridgehead atoms. The highest BCUT2D eigenvalue weighted by Crippen LogP contribution is 2.41. The van der Waals surface area contributed by atoms with Crippen molar-refractivity contribution in [3.8, 4) is 5.69 Å². The van der Waals surface area contributed by atoms with Gasteiger partial charge in [0.25, 0.3) is 0 Å². The van der Waals surface area contributed by atoms with E-state index in [1.165, 1.54) is 17.1 Å². The largest absolute Gasteiger partial charge is 0.354 e. The predicted octanol–water partition coefficient (Wildman–Crippen LogP) is 4.11. The van der Waals surface area contributed by atoms with E-state index in [0.717, 1.165) is 42.2 Å². The molecule has 1 saturated heterocycles. The molecule has 1 aromatic carbocycles. The average Bonchev–Trinajstić information content (AvgIpc) is 3.31. The van der Waals surface area contributed by atoms with Crippen LogP contribution in [0.15, 0.2) is 36.7 Å². The Balaban J connectivity index is 1.40. The number of benzene rings is 1. The van der Waals surface area contributed by atoms with Gasteiger partial charge in [0.1, 0.15) is 18.3 Å². The second-order valence-electron chi connectivity index (χ2n) is 7.48. The maximum atomic E-state index is 13.6. The van der Waals surface area contributed by atoms with Crippen molar-refractivity contribution in [2.75, 3.05) is 23.3 Å². The molecular formula is C20H19F3N6. The van der Waals surface area contributed by atoms with Gasteiger partial charge in [0.2, 0.25) is 5.95 Å². The van der Waals surface area contributed by atoms with E-state index >= 15 is 0 Å². The molecular weight excluding hydrogens is 381 g/mol. The first-order valence-corrected chi connectivity index (χ1v) is 9.60. The Morgan fingerprint density at radius 2 is 1.90 bits per heavy atom. The topological polar surface area (TPSA) is 58.9 Å². The van der Waals surface area contributed by atoms with Gasteiger partial charge in [0.15, 0.2) is 11.6 Å². The van der Waals surface area contributed by atoms with E-state index in [1.54, 1.807) is 0 Å². The molecule has 1 N–H and O–H groups in total. The van der Waals surface area contributed by atoms with E-state index in [0.29, 0.717) is 37.1 Å². The first-order valence-electron chi connectivity index (χ1n) is 9.60. The molecule has 2 fully saturated rings. The zero-order chi connectivity index (χ0) is 20.0. The van der Waals surface area contributed by atoms with E-state index < -0.39 is 17.8 Å². The van der Waals surface area contributed by atoms with Gasteiger partial charge >= 0.3 is 0 Å². The average molecular weight is 400 g/mol. The number of nitrogens with zero attached hydrogens (tertiary/aromatic N) is 5. The van der Waals surface area contributed by atoms with Crippen LogP contribution in [0.3, 0.4) is 0 Å². The summed E-state index contributed by atoms with van der Waals surface area (Å²) in [6.07, 6.45) is 3.31. The lowest BCUT2D eigenvalue weighted by atomic mass is 10.2. The van der Waals surface area contributed by atoms with Crippen LogP contribution in [0.4, 0.5) is 30.6 Å². The van der Waals surface area contributed by atoms with Crippen LogP contribution in [0.25, 0.3) is 5.69 Å². The molecule has 5 rings (SSSR count). The van der Waals surface area contributed by atoms with Crippen molar-refractivity contribution >= 4 is 17.5 Å². The summed E-state index contributed by atoms with van der Waals surface area (Å²) in [6, 6.07) is 7.35. The van der Waals surface area contributed by atoms with Crippen molar-refractivity contribution in [3.63, 3.8) is 0 Å². The number of hydrogen-bond acceptors (Lipinski definition) is 5. The van der Waals surface area contributed by atoms with Crippen molar-refractivity contribution in [1.82, 2.24) is 19.7 Å². The summed E-state index contributed by atoms with van der Waals surface area (Å²) >= 11 is 0. The Labute approximate surface area is 165 Å². The van der Waals surface area contributed by atoms with Gasteiger partial charge in [0, 0.05) is 36.0 Å². The molecule has 1 atom stereocenters. The molecule has 2 aromatic heterocycles. The fourth-order valence-electron chi connectivity index (χ4n) is 3.49. The van der Waals surface area contributed by atoms with Gasteiger partial charge in [-0.1, -0.05) is 0 Å². The van der Waals surface area contributed by atoms with Crippen LogP contribution in [-0.4, -0.2) is 39.0 Å². The Morgan fingerprint density at radius 3 is 2.62 bits per heavy atom. The van der Waals surface area contributed by atoms with Gasteiger partial charge < -0.3 is 10.2 Å². The number of anilines is 3. The van der Waals surface area contributed by atoms with Gasteiger partial charge in [-0.15, -0.1) is 5.10 Å². The number of pyridine rings is 1. The van der Waals surface area contributed by atoms with Crippen molar-refractivity contribution < 1.29 is 13.2 Å². The van der Waals surface area contributed by atoms with Crippen LogP contribution in [-0.2, 0) is 0 Å². The van der Waals surface area contributed by atoms with Crippen LogP contribution < -0.4 is 10.2 Å². The summed E-state index contributed by atoms with van der Waals surface area (Å²) in [5.74, 6) is -0.360. The summed E-state index contributed by atoms with van der Waals surface area (Å²) in [5, 5.41) is 7.43. The minimum atomic E-state index is -0.947. The molecule has 1 aliphatic heterocycles. The highest BCUT2D eigenvalue weighted by atomic mass is 19.2. The van der Waals surface area contributed by atoms with E-state index in [2.05, 4.69) is 15.4 Å². The molecule has 3 heterocycles. The second kappa shape index (κ2) is 7.06. The first kappa shape index (κ1) is 18.0. The molecule has 2 aliphatic rings. The minimum Gasteiger partial charge on any atom is -0.354 e. The van der Waals surface area contributed by atoms with Crippen LogP contribution in [0, 0.1) is 11.6 Å². The maximum Gasteiger partial charge on any atom is 0.246 e. The molecule has 0 amide bonds.